The lowest BCUT2D eigenvalue weighted by Gasteiger charge is -2.29. The van der Waals surface area contributed by atoms with Crippen molar-refractivity contribution in [3.8, 4) is 0 Å². The van der Waals surface area contributed by atoms with Crippen LogP contribution in [0, 0.1) is 0 Å². The minimum absolute atomic E-state index is 0.283. The van der Waals surface area contributed by atoms with Crippen LogP contribution in [0.5, 0.6) is 0 Å². The van der Waals surface area contributed by atoms with Crippen molar-refractivity contribution in [3.63, 3.8) is 0 Å². The zero-order valence-electron chi connectivity index (χ0n) is 11.1. The van der Waals surface area contributed by atoms with Crippen LogP contribution in [0.2, 0.25) is 0 Å². The summed E-state index contributed by atoms with van der Waals surface area (Å²) in [7, 11) is -3.20. The van der Waals surface area contributed by atoms with Gasteiger partial charge in [0.1, 0.15) is 0 Å². The fourth-order valence-corrected chi connectivity index (χ4v) is 4.72. The highest BCUT2D eigenvalue weighted by molar-refractivity contribution is 7.89. The monoisotopic (exact) mass is 276 g/mol. The van der Waals surface area contributed by atoms with Crippen LogP contribution in [-0.2, 0) is 10.0 Å². The maximum atomic E-state index is 12.5. The summed E-state index contributed by atoms with van der Waals surface area (Å²) in [6.45, 7) is 4.28. The largest absolute Gasteiger partial charge is 0.390 e. The second kappa shape index (κ2) is 5.45. The van der Waals surface area contributed by atoms with E-state index < -0.39 is 15.6 Å². The van der Waals surface area contributed by atoms with Crippen molar-refractivity contribution in [1.29, 1.82) is 0 Å². The van der Waals surface area contributed by atoms with Crippen molar-refractivity contribution < 1.29 is 13.5 Å². The first kappa shape index (κ1) is 14.2. The molecule has 0 aliphatic carbocycles. The van der Waals surface area contributed by atoms with Crippen LogP contribution in [0.25, 0.3) is 0 Å². The van der Waals surface area contributed by atoms with Gasteiger partial charge in [-0.25, -0.2) is 12.7 Å². The van der Waals surface area contributed by atoms with Crippen LogP contribution in [-0.4, -0.2) is 54.9 Å². The van der Waals surface area contributed by atoms with Crippen LogP contribution in [0.4, 0.5) is 0 Å². The summed E-state index contributed by atoms with van der Waals surface area (Å²) < 4.78 is 26.6. The van der Waals surface area contributed by atoms with Crippen molar-refractivity contribution in [2.45, 2.75) is 49.9 Å². The molecule has 2 rings (SSSR count). The van der Waals surface area contributed by atoms with Crippen LogP contribution >= 0.6 is 0 Å². The summed E-state index contributed by atoms with van der Waals surface area (Å²) >= 11 is 0. The molecule has 18 heavy (non-hydrogen) atoms. The van der Waals surface area contributed by atoms with Gasteiger partial charge in [0.25, 0.3) is 0 Å². The Morgan fingerprint density at radius 2 is 2.06 bits per heavy atom. The van der Waals surface area contributed by atoms with E-state index in [4.69, 9.17) is 0 Å². The molecule has 2 unspecified atom stereocenters. The van der Waals surface area contributed by atoms with E-state index >= 15 is 0 Å². The van der Waals surface area contributed by atoms with Crippen molar-refractivity contribution in [1.82, 2.24) is 9.62 Å². The molecule has 6 heteroatoms. The third kappa shape index (κ3) is 3.23. The van der Waals surface area contributed by atoms with Crippen molar-refractivity contribution in [2.24, 2.45) is 0 Å². The second-order valence-electron chi connectivity index (χ2n) is 5.76. The lowest BCUT2D eigenvalue weighted by Crippen LogP contribution is -2.46. The highest BCUT2D eigenvalue weighted by Crippen LogP contribution is 2.25. The smallest absolute Gasteiger partial charge is 0.218 e. The number of rotatable bonds is 2. The average molecular weight is 276 g/mol. The lowest BCUT2D eigenvalue weighted by molar-refractivity contribution is 0.0465. The van der Waals surface area contributed by atoms with Gasteiger partial charge in [-0.1, -0.05) is 0 Å². The van der Waals surface area contributed by atoms with E-state index in [1.54, 1.807) is 11.2 Å². The standard InChI is InChI=1S/C12H24N2O3S/c1-12(15)5-3-8-14(9-6-12)18(16,17)11-4-2-7-13-10-11/h11,13,15H,2-10H2,1H3. The number of piperidine rings is 1. The molecule has 5 nitrogen and oxygen atoms in total. The summed E-state index contributed by atoms with van der Waals surface area (Å²) in [5.74, 6) is 0. The first-order valence-electron chi connectivity index (χ1n) is 6.84. The summed E-state index contributed by atoms with van der Waals surface area (Å²) in [4.78, 5) is 0. The van der Waals surface area contributed by atoms with Crippen molar-refractivity contribution in [3.05, 3.63) is 0 Å². The van der Waals surface area contributed by atoms with Gasteiger partial charge in [0, 0.05) is 19.6 Å². The molecule has 0 amide bonds. The minimum atomic E-state index is -3.20. The highest BCUT2D eigenvalue weighted by atomic mass is 32.2. The van der Waals surface area contributed by atoms with E-state index in [0.29, 0.717) is 32.5 Å². The fraction of sp³-hybridized carbons (Fsp3) is 1.00. The van der Waals surface area contributed by atoms with Gasteiger partial charge in [-0.05, 0) is 45.6 Å². The van der Waals surface area contributed by atoms with Gasteiger partial charge in [0.05, 0.1) is 10.9 Å². The normalized spacial score (nSPS) is 36.2. The Hall–Kier alpha value is -0.170. The Morgan fingerprint density at radius 3 is 2.72 bits per heavy atom. The quantitative estimate of drug-likeness (QED) is 0.761. The maximum Gasteiger partial charge on any atom is 0.218 e. The average Bonchev–Trinajstić information content (AvgIpc) is 2.52. The van der Waals surface area contributed by atoms with Crippen LogP contribution in [0.15, 0.2) is 0 Å². The molecule has 0 saturated carbocycles. The Morgan fingerprint density at radius 1 is 1.28 bits per heavy atom. The van der Waals surface area contributed by atoms with Crippen LogP contribution < -0.4 is 5.32 Å². The van der Waals surface area contributed by atoms with Gasteiger partial charge < -0.3 is 10.4 Å². The van der Waals surface area contributed by atoms with Crippen LogP contribution in [0.1, 0.15) is 39.0 Å². The molecule has 2 atom stereocenters. The Bertz CT molecular complexity index is 375. The number of hydrogen-bond donors (Lipinski definition) is 2. The first-order chi connectivity index (χ1) is 8.42. The van der Waals surface area contributed by atoms with Gasteiger partial charge in [-0.2, -0.15) is 0 Å². The van der Waals surface area contributed by atoms with Gasteiger partial charge >= 0.3 is 0 Å². The number of nitrogens with zero attached hydrogens (tertiary/aromatic N) is 1. The van der Waals surface area contributed by atoms with Crippen LogP contribution in [0.3, 0.4) is 0 Å². The molecule has 2 fully saturated rings. The zero-order chi connectivity index (χ0) is 13.2. The van der Waals surface area contributed by atoms with E-state index in [-0.39, 0.29) is 5.25 Å². The van der Waals surface area contributed by atoms with E-state index in [2.05, 4.69) is 5.32 Å². The summed E-state index contributed by atoms with van der Waals surface area (Å²) in [6, 6.07) is 0. The van der Waals surface area contributed by atoms with Crippen molar-refractivity contribution in [2.75, 3.05) is 26.2 Å². The number of hydrogen-bond acceptors (Lipinski definition) is 4. The van der Waals surface area contributed by atoms with E-state index in [1.807, 2.05) is 0 Å². The molecule has 2 N–H and O–H groups in total. The molecule has 0 aromatic rings. The molecule has 0 radical (unpaired) electrons. The SMILES string of the molecule is CC1(O)CCCN(S(=O)(=O)C2CCCNC2)CC1. The minimum Gasteiger partial charge on any atom is -0.390 e. The summed E-state index contributed by atoms with van der Waals surface area (Å²) in [6.07, 6.45) is 3.64. The molecular weight excluding hydrogens is 252 g/mol. The molecule has 2 aliphatic rings. The predicted molar refractivity (Wildman–Crippen MR) is 70.9 cm³/mol. The van der Waals surface area contributed by atoms with Gasteiger partial charge in [0.15, 0.2) is 0 Å². The number of nitrogens with one attached hydrogen (secondary N) is 1. The molecule has 2 saturated heterocycles. The van der Waals surface area contributed by atoms with Crippen molar-refractivity contribution >= 4 is 10.0 Å². The van der Waals surface area contributed by atoms with Gasteiger partial charge in [-0.15, -0.1) is 0 Å². The van der Waals surface area contributed by atoms with E-state index in [9.17, 15) is 13.5 Å². The molecule has 106 valence electrons. The lowest BCUT2D eigenvalue weighted by atomic mass is 9.98. The molecule has 2 heterocycles. The highest BCUT2D eigenvalue weighted by Gasteiger charge is 2.35. The molecule has 2 aliphatic heterocycles. The predicted octanol–water partition coefficient (Wildman–Crippen LogP) is 0.305. The molecule has 0 spiro atoms. The fourth-order valence-electron chi connectivity index (χ4n) is 2.78. The number of sulfonamides is 1. The maximum absolute atomic E-state index is 12.5. The Balaban J connectivity index is 2.05. The van der Waals surface area contributed by atoms with Gasteiger partial charge in [0.2, 0.25) is 10.0 Å². The zero-order valence-corrected chi connectivity index (χ0v) is 11.9. The Labute approximate surface area is 110 Å². The third-order valence-corrected chi connectivity index (χ3v) is 6.39. The van der Waals surface area contributed by atoms with E-state index in [1.165, 1.54) is 0 Å². The number of aliphatic hydroxyl groups is 1. The molecule has 0 aromatic heterocycles. The first-order valence-corrected chi connectivity index (χ1v) is 8.34. The molecule has 0 bridgehead atoms. The summed E-state index contributed by atoms with van der Waals surface area (Å²) in [5, 5.41) is 12.9. The third-order valence-electron chi connectivity index (χ3n) is 4.06. The van der Waals surface area contributed by atoms with E-state index in [0.717, 1.165) is 25.8 Å². The Kier molecular flexibility index (Phi) is 4.31. The second-order valence-corrected chi connectivity index (χ2v) is 7.98. The topological polar surface area (TPSA) is 69.6 Å². The summed E-state index contributed by atoms with van der Waals surface area (Å²) in [5.41, 5.74) is -0.713. The van der Waals surface area contributed by atoms with Gasteiger partial charge in [-0.3, -0.25) is 0 Å². The molecule has 0 aromatic carbocycles. The molecular formula is C12H24N2O3S.